The van der Waals surface area contributed by atoms with Crippen LogP contribution in [-0.4, -0.2) is 28.1 Å². The maximum atomic E-state index is 13.6. The van der Waals surface area contributed by atoms with Gasteiger partial charge in [-0.1, -0.05) is 17.3 Å². The molecule has 1 aromatic carbocycles. The van der Waals surface area contributed by atoms with Gasteiger partial charge in [0.15, 0.2) is 0 Å². The quantitative estimate of drug-likeness (QED) is 0.644. The predicted octanol–water partition coefficient (Wildman–Crippen LogP) is 4.99. The third kappa shape index (κ3) is 3.69. The zero-order chi connectivity index (χ0) is 19.0. The molecule has 0 aliphatic carbocycles. The highest BCUT2D eigenvalue weighted by Crippen LogP contribution is 2.34. The number of fused-ring (bicyclic) bond motifs is 1. The number of rotatable bonds is 4. The molecular formula is C20H20F3N3O. The first kappa shape index (κ1) is 18.0. The average Bonchev–Trinajstić information content (AvgIpc) is 3.04. The highest BCUT2D eigenvalue weighted by molar-refractivity contribution is 5.80. The van der Waals surface area contributed by atoms with Gasteiger partial charge < -0.3 is 4.52 Å². The number of aryl methyl sites for hydroxylation is 1. The van der Waals surface area contributed by atoms with Gasteiger partial charge in [0.1, 0.15) is 5.82 Å². The summed E-state index contributed by atoms with van der Waals surface area (Å²) in [5.41, 5.74) is 2.19. The Balaban J connectivity index is 1.58. The van der Waals surface area contributed by atoms with Gasteiger partial charge in [0.05, 0.1) is 11.1 Å². The lowest BCUT2D eigenvalue weighted by molar-refractivity contribution is 0.152. The summed E-state index contributed by atoms with van der Waals surface area (Å²) in [5.74, 6) is -0.207. The summed E-state index contributed by atoms with van der Waals surface area (Å²) in [7, 11) is 0. The van der Waals surface area contributed by atoms with E-state index in [9.17, 15) is 13.2 Å². The molecule has 1 atom stereocenters. The van der Waals surface area contributed by atoms with Crippen LogP contribution in [0.3, 0.4) is 0 Å². The molecule has 4 nitrogen and oxygen atoms in total. The minimum absolute atomic E-state index is 0.0477. The predicted molar refractivity (Wildman–Crippen MR) is 95.2 cm³/mol. The molecule has 0 amide bonds. The van der Waals surface area contributed by atoms with Crippen molar-refractivity contribution in [1.82, 2.24) is 15.0 Å². The van der Waals surface area contributed by atoms with Crippen molar-refractivity contribution in [1.29, 1.82) is 0 Å². The molecular weight excluding hydrogens is 355 g/mol. The van der Waals surface area contributed by atoms with Gasteiger partial charge in [-0.3, -0.25) is 4.90 Å². The minimum atomic E-state index is -2.61. The lowest BCUT2D eigenvalue weighted by atomic mass is 9.92. The number of aromatic nitrogens is 2. The SMILES string of the molecule is Cc1noc2nc([C@@H]3CCCN(Cc4ccc(F)cc4)C3)cc(C(F)F)c12. The number of likely N-dealkylation sites (tertiary alicyclic amines) is 1. The van der Waals surface area contributed by atoms with Gasteiger partial charge in [0.25, 0.3) is 12.1 Å². The van der Waals surface area contributed by atoms with E-state index in [2.05, 4.69) is 15.0 Å². The Bertz CT molecular complexity index is 940. The third-order valence-corrected chi connectivity index (χ3v) is 5.15. The lowest BCUT2D eigenvalue weighted by Crippen LogP contribution is -2.34. The topological polar surface area (TPSA) is 42.2 Å². The van der Waals surface area contributed by atoms with Gasteiger partial charge in [-0.2, -0.15) is 0 Å². The summed E-state index contributed by atoms with van der Waals surface area (Å²) in [4.78, 5) is 6.73. The number of benzene rings is 1. The second-order valence-electron chi connectivity index (χ2n) is 7.09. The van der Waals surface area contributed by atoms with E-state index in [1.807, 2.05) is 0 Å². The monoisotopic (exact) mass is 375 g/mol. The second-order valence-corrected chi connectivity index (χ2v) is 7.09. The highest BCUT2D eigenvalue weighted by Gasteiger charge is 2.26. The molecule has 1 fully saturated rings. The van der Waals surface area contributed by atoms with Crippen LogP contribution >= 0.6 is 0 Å². The van der Waals surface area contributed by atoms with Gasteiger partial charge >= 0.3 is 0 Å². The van der Waals surface area contributed by atoms with Gasteiger partial charge in [-0.05, 0) is 50.1 Å². The van der Waals surface area contributed by atoms with Crippen LogP contribution in [0.5, 0.6) is 0 Å². The van der Waals surface area contributed by atoms with Crippen molar-refractivity contribution in [2.75, 3.05) is 13.1 Å². The molecule has 1 aliphatic rings. The van der Waals surface area contributed by atoms with E-state index in [0.29, 0.717) is 29.9 Å². The average molecular weight is 375 g/mol. The molecule has 2 aromatic heterocycles. The largest absolute Gasteiger partial charge is 0.336 e. The summed E-state index contributed by atoms with van der Waals surface area (Å²) in [5, 5.41) is 4.10. The fourth-order valence-corrected chi connectivity index (χ4v) is 3.82. The summed E-state index contributed by atoms with van der Waals surface area (Å²) in [6.07, 6.45) is -0.773. The molecule has 0 saturated carbocycles. The molecule has 1 aliphatic heterocycles. The zero-order valence-corrected chi connectivity index (χ0v) is 15.0. The Morgan fingerprint density at radius 2 is 2.04 bits per heavy atom. The van der Waals surface area contributed by atoms with Crippen LogP contribution in [0.4, 0.5) is 13.2 Å². The van der Waals surface area contributed by atoms with E-state index in [-0.39, 0.29) is 23.0 Å². The molecule has 7 heteroatoms. The van der Waals surface area contributed by atoms with Crippen LogP contribution in [0.15, 0.2) is 34.9 Å². The standard InChI is InChI=1S/C20H20F3N3O/c1-12-18-16(19(22)23)9-17(24-20(18)27-25-12)14-3-2-8-26(11-14)10-13-4-6-15(21)7-5-13/h4-7,9,14,19H,2-3,8,10-11H2,1H3/t14-/m1/s1. The fraction of sp³-hybridized carbons (Fsp3) is 0.400. The number of halogens is 3. The number of piperidine rings is 1. The van der Waals surface area contributed by atoms with Crippen LogP contribution < -0.4 is 0 Å². The number of hydrogen-bond donors (Lipinski definition) is 0. The normalized spacial score (nSPS) is 18.5. The molecule has 0 radical (unpaired) electrons. The van der Waals surface area contributed by atoms with Crippen LogP contribution in [0.1, 0.15) is 47.7 Å². The van der Waals surface area contributed by atoms with Gasteiger partial charge in [-0.15, -0.1) is 0 Å². The third-order valence-electron chi connectivity index (χ3n) is 5.15. The first-order chi connectivity index (χ1) is 13.0. The Labute approximate surface area is 155 Å². The lowest BCUT2D eigenvalue weighted by Gasteiger charge is -2.32. The highest BCUT2D eigenvalue weighted by atomic mass is 19.3. The van der Waals surface area contributed by atoms with E-state index >= 15 is 0 Å². The smallest absolute Gasteiger partial charge is 0.264 e. The first-order valence-electron chi connectivity index (χ1n) is 9.03. The van der Waals surface area contributed by atoms with Crippen molar-refractivity contribution < 1.29 is 17.7 Å². The molecule has 0 unspecified atom stereocenters. The summed E-state index contributed by atoms with van der Waals surface area (Å²) < 4.78 is 45.4. The number of pyridine rings is 1. The number of alkyl halides is 2. The van der Waals surface area contributed by atoms with E-state index in [1.54, 1.807) is 19.1 Å². The van der Waals surface area contributed by atoms with Crippen LogP contribution in [0.2, 0.25) is 0 Å². The molecule has 0 bridgehead atoms. The Hall–Kier alpha value is -2.41. The van der Waals surface area contributed by atoms with E-state index < -0.39 is 6.43 Å². The number of nitrogens with zero attached hydrogens (tertiary/aromatic N) is 3. The van der Waals surface area contributed by atoms with E-state index in [4.69, 9.17) is 4.52 Å². The molecule has 3 heterocycles. The van der Waals surface area contributed by atoms with Gasteiger partial charge in [-0.25, -0.2) is 18.2 Å². The van der Waals surface area contributed by atoms with Crippen molar-refractivity contribution in [2.24, 2.45) is 0 Å². The minimum Gasteiger partial charge on any atom is -0.336 e. The molecule has 27 heavy (non-hydrogen) atoms. The molecule has 1 saturated heterocycles. The van der Waals surface area contributed by atoms with Crippen LogP contribution in [-0.2, 0) is 6.54 Å². The maximum Gasteiger partial charge on any atom is 0.264 e. The van der Waals surface area contributed by atoms with Crippen LogP contribution in [0, 0.1) is 12.7 Å². The molecule has 3 aromatic rings. The first-order valence-corrected chi connectivity index (χ1v) is 9.03. The second kappa shape index (κ2) is 7.31. The zero-order valence-electron chi connectivity index (χ0n) is 15.0. The van der Waals surface area contributed by atoms with Gasteiger partial charge in [0.2, 0.25) is 0 Å². The van der Waals surface area contributed by atoms with Crippen molar-refractivity contribution in [3.63, 3.8) is 0 Å². The summed E-state index contributed by atoms with van der Waals surface area (Å²) in [6.45, 7) is 3.97. The van der Waals surface area contributed by atoms with Crippen molar-refractivity contribution in [3.05, 3.63) is 58.7 Å². The molecule has 0 N–H and O–H groups in total. The van der Waals surface area contributed by atoms with Crippen molar-refractivity contribution >= 4 is 11.1 Å². The molecule has 142 valence electrons. The summed E-state index contributed by atoms with van der Waals surface area (Å²) in [6, 6.07) is 7.95. The van der Waals surface area contributed by atoms with Crippen LogP contribution in [0.25, 0.3) is 11.1 Å². The Kier molecular flexibility index (Phi) is 4.86. The summed E-state index contributed by atoms with van der Waals surface area (Å²) >= 11 is 0. The molecule has 4 rings (SSSR count). The number of hydrogen-bond acceptors (Lipinski definition) is 4. The van der Waals surface area contributed by atoms with E-state index in [0.717, 1.165) is 24.9 Å². The maximum absolute atomic E-state index is 13.6. The Morgan fingerprint density at radius 1 is 1.26 bits per heavy atom. The molecule has 0 spiro atoms. The van der Waals surface area contributed by atoms with Crippen molar-refractivity contribution in [3.8, 4) is 0 Å². The van der Waals surface area contributed by atoms with Gasteiger partial charge in [0, 0.05) is 30.3 Å². The van der Waals surface area contributed by atoms with E-state index in [1.165, 1.54) is 18.2 Å². The Morgan fingerprint density at radius 3 is 2.78 bits per heavy atom. The van der Waals surface area contributed by atoms with Crippen molar-refractivity contribution in [2.45, 2.75) is 38.7 Å². The fourth-order valence-electron chi connectivity index (χ4n) is 3.82.